The topological polar surface area (TPSA) is 123 Å². The van der Waals surface area contributed by atoms with Gasteiger partial charge in [0.15, 0.2) is 5.13 Å². The van der Waals surface area contributed by atoms with Crippen LogP contribution in [-0.4, -0.2) is 31.7 Å². The van der Waals surface area contributed by atoms with E-state index in [0.29, 0.717) is 0 Å². The number of carbonyl (C=O) groups excluding carboxylic acids is 1. The average Bonchev–Trinajstić information content (AvgIpc) is 2.87. The number of nitrogen functional groups attached to an aromatic ring is 1. The van der Waals surface area contributed by atoms with E-state index in [2.05, 4.69) is 15.4 Å². The highest BCUT2D eigenvalue weighted by atomic mass is 32.1. The van der Waals surface area contributed by atoms with E-state index in [9.17, 15) is 9.59 Å². The van der Waals surface area contributed by atoms with Crippen molar-refractivity contribution in [2.24, 2.45) is 7.05 Å². The number of aryl methyl sites for hydroxylation is 1. The number of hydrogen-bond donors (Lipinski definition) is 3. The van der Waals surface area contributed by atoms with E-state index in [1.807, 2.05) is 0 Å². The third-order valence-corrected chi connectivity index (χ3v) is 2.83. The van der Waals surface area contributed by atoms with Gasteiger partial charge in [-0.2, -0.15) is 5.10 Å². The third-order valence-electron chi connectivity index (χ3n) is 2.16. The van der Waals surface area contributed by atoms with E-state index >= 15 is 0 Å². The summed E-state index contributed by atoms with van der Waals surface area (Å²) in [5.74, 6) is -1.61. The molecule has 0 atom stereocenters. The van der Waals surface area contributed by atoms with Crippen molar-refractivity contribution in [3.8, 4) is 0 Å². The Bertz CT molecular complexity index is 618. The summed E-state index contributed by atoms with van der Waals surface area (Å²) in [6, 6.07) is 0. The molecule has 1 amide bonds. The molecule has 0 spiro atoms. The number of nitrogens with zero attached hydrogens (tertiary/aromatic N) is 3. The number of aromatic carboxylic acids is 1. The fourth-order valence-electron chi connectivity index (χ4n) is 1.31. The number of carboxylic acid groups (broad SMARTS) is 1. The van der Waals surface area contributed by atoms with Crippen LogP contribution in [0.1, 0.15) is 20.8 Å². The maximum Gasteiger partial charge on any atom is 0.341 e. The average molecular weight is 267 g/mol. The fourth-order valence-corrected chi connectivity index (χ4v) is 1.85. The monoisotopic (exact) mass is 267 g/mol. The Balaban J connectivity index is 2.27. The van der Waals surface area contributed by atoms with Gasteiger partial charge >= 0.3 is 5.97 Å². The summed E-state index contributed by atoms with van der Waals surface area (Å²) in [4.78, 5) is 26.5. The molecule has 4 N–H and O–H groups in total. The third kappa shape index (κ3) is 2.15. The van der Waals surface area contributed by atoms with Gasteiger partial charge in [-0.05, 0) is 0 Å². The van der Waals surface area contributed by atoms with Crippen molar-refractivity contribution in [2.45, 2.75) is 0 Å². The number of thiazole rings is 1. The molecule has 18 heavy (non-hydrogen) atoms. The highest BCUT2D eigenvalue weighted by Crippen LogP contribution is 2.17. The minimum Gasteiger partial charge on any atom is -0.477 e. The zero-order chi connectivity index (χ0) is 13.3. The Morgan fingerprint density at radius 2 is 2.28 bits per heavy atom. The number of carboxylic acids is 1. The van der Waals surface area contributed by atoms with Crippen LogP contribution in [0.4, 0.5) is 10.9 Å². The van der Waals surface area contributed by atoms with E-state index in [1.165, 1.54) is 17.1 Å². The van der Waals surface area contributed by atoms with Gasteiger partial charge in [-0.1, -0.05) is 0 Å². The number of nitrogens with two attached hydrogens (primary N) is 1. The zero-order valence-corrected chi connectivity index (χ0v) is 10.1. The molecule has 0 aliphatic carbocycles. The van der Waals surface area contributed by atoms with Gasteiger partial charge < -0.3 is 16.2 Å². The summed E-state index contributed by atoms with van der Waals surface area (Å²) >= 11 is 1.13. The molecule has 9 heteroatoms. The van der Waals surface area contributed by atoms with Crippen molar-refractivity contribution >= 4 is 34.2 Å². The Morgan fingerprint density at radius 1 is 1.56 bits per heavy atom. The van der Waals surface area contributed by atoms with Crippen molar-refractivity contribution < 1.29 is 14.7 Å². The van der Waals surface area contributed by atoms with Gasteiger partial charge in [0.2, 0.25) is 0 Å². The van der Waals surface area contributed by atoms with Crippen LogP contribution in [0.2, 0.25) is 0 Å². The van der Waals surface area contributed by atoms with Gasteiger partial charge in [0.05, 0.1) is 6.20 Å². The lowest BCUT2D eigenvalue weighted by molar-refractivity contribution is 0.0698. The van der Waals surface area contributed by atoms with Crippen molar-refractivity contribution in [1.29, 1.82) is 0 Å². The molecule has 0 bridgehead atoms. The van der Waals surface area contributed by atoms with Gasteiger partial charge in [0.1, 0.15) is 17.1 Å². The predicted molar refractivity (Wildman–Crippen MR) is 64.6 cm³/mol. The quantitative estimate of drug-likeness (QED) is 0.740. The van der Waals surface area contributed by atoms with Gasteiger partial charge in [0.25, 0.3) is 5.91 Å². The second-order valence-corrected chi connectivity index (χ2v) is 4.25. The van der Waals surface area contributed by atoms with Gasteiger partial charge in [0, 0.05) is 12.4 Å². The molecule has 2 heterocycles. The molecule has 0 saturated heterocycles. The first-order valence-electron chi connectivity index (χ1n) is 4.76. The lowest BCUT2D eigenvalue weighted by atomic mass is 10.3. The van der Waals surface area contributed by atoms with Crippen LogP contribution in [0.25, 0.3) is 0 Å². The standard InChI is InChI=1S/C9H9N5O3S/c1-14-6(4(2-11-14)8(16)17)13-7(15)5-3-18-9(10)12-5/h2-3H,1H3,(H2,10,12)(H,13,15)(H,16,17). The molecular formula is C9H9N5O3S. The fraction of sp³-hybridized carbons (Fsp3) is 0.111. The van der Waals surface area contributed by atoms with E-state index in [4.69, 9.17) is 10.8 Å². The van der Waals surface area contributed by atoms with Crippen molar-refractivity contribution in [3.05, 3.63) is 22.8 Å². The smallest absolute Gasteiger partial charge is 0.341 e. The first kappa shape index (κ1) is 12.0. The largest absolute Gasteiger partial charge is 0.477 e. The normalized spacial score (nSPS) is 10.3. The molecule has 2 aromatic heterocycles. The number of amides is 1. The minimum absolute atomic E-state index is 0.0888. The lowest BCUT2D eigenvalue weighted by Crippen LogP contribution is -2.17. The minimum atomic E-state index is -1.17. The Kier molecular flexibility index (Phi) is 2.98. The number of anilines is 2. The van der Waals surface area contributed by atoms with Crippen LogP contribution in [0.5, 0.6) is 0 Å². The molecule has 0 aliphatic heterocycles. The summed E-state index contributed by atoms with van der Waals surface area (Å²) in [5, 5.41) is 16.9. The van der Waals surface area contributed by atoms with Crippen molar-refractivity contribution in [3.63, 3.8) is 0 Å². The van der Waals surface area contributed by atoms with E-state index in [1.54, 1.807) is 0 Å². The van der Waals surface area contributed by atoms with Crippen molar-refractivity contribution in [1.82, 2.24) is 14.8 Å². The Morgan fingerprint density at radius 3 is 2.83 bits per heavy atom. The SMILES string of the molecule is Cn1ncc(C(=O)O)c1NC(=O)c1csc(N)n1. The molecule has 8 nitrogen and oxygen atoms in total. The molecule has 2 aromatic rings. The number of aromatic nitrogens is 3. The maximum absolute atomic E-state index is 11.8. The molecule has 94 valence electrons. The molecule has 0 saturated carbocycles. The Labute approximate surface area is 105 Å². The number of carbonyl (C=O) groups is 2. The summed E-state index contributed by atoms with van der Waals surface area (Å²) in [5.41, 5.74) is 5.46. The van der Waals surface area contributed by atoms with Crippen LogP contribution in [0, 0.1) is 0 Å². The van der Waals surface area contributed by atoms with Gasteiger partial charge in [-0.3, -0.25) is 9.48 Å². The lowest BCUT2D eigenvalue weighted by Gasteiger charge is -2.04. The summed E-state index contributed by atoms with van der Waals surface area (Å²) < 4.78 is 1.26. The Hall–Kier alpha value is -2.42. The highest BCUT2D eigenvalue weighted by Gasteiger charge is 2.19. The molecule has 0 aliphatic rings. The molecule has 0 radical (unpaired) electrons. The number of hydrogen-bond acceptors (Lipinski definition) is 6. The molecular weight excluding hydrogens is 258 g/mol. The number of rotatable bonds is 3. The molecule has 0 unspecified atom stereocenters. The maximum atomic E-state index is 11.8. The van der Waals surface area contributed by atoms with E-state index < -0.39 is 11.9 Å². The van der Waals surface area contributed by atoms with Gasteiger partial charge in [-0.15, -0.1) is 11.3 Å². The zero-order valence-electron chi connectivity index (χ0n) is 9.25. The summed E-state index contributed by atoms with van der Waals surface area (Å²) in [6.07, 6.45) is 1.16. The van der Waals surface area contributed by atoms with Gasteiger partial charge in [-0.25, -0.2) is 9.78 Å². The van der Waals surface area contributed by atoms with Crippen LogP contribution >= 0.6 is 11.3 Å². The molecule has 0 aromatic carbocycles. The van der Waals surface area contributed by atoms with Crippen LogP contribution < -0.4 is 11.1 Å². The van der Waals surface area contributed by atoms with Crippen LogP contribution in [-0.2, 0) is 7.05 Å². The highest BCUT2D eigenvalue weighted by molar-refractivity contribution is 7.13. The van der Waals surface area contributed by atoms with E-state index in [0.717, 1.165) is 17.5 Å². The second-order valence-electron chi connectivity index (χ2n) is 3.36. The van der Waals surface area contributed by atoms with Crippen molar-refractivity contribution in [2.75, 3.05) is 11.1 Å². The predicted octanol–water partition coefficient (Wildman–Crippen LogP) is 0.409. The molecule has 0 fully saturated rings. The first-order chi connectivity index (χ1) is 8.49. The van der Waals surface area contributed by atoms with Crippen LogP contribution in [0.15, 0.2) is 11.6 Å². The van der Waals surface area contributed by atoms with Crippen LogP contribution in [0.3, 0.4) is 0 Å². The summed E-state index contributed by atoms with van der Waals surface area (Å²) in [7, 11) is 1.53. The second kappa shape index (κ2) is 4.45. The first-order valence-corrected chi connectivity index (χ1v) is 5.64. The van der Waals surface area contributed by atoms with E-state index in [-0.39, 0.29) is 22.2 Å². The number of nitrogens with one attached hydrogen (secondary N) is 1. The molecule has 2 rings (SSSR count). The summed E-state index contributed by atoms with van der Waals surface area (Å²) in [6.45, 7) is 0.